The van der Waals surface area contributed by atoms with Crippen molar-refractivity contribution in [1.82, 2.24) is 20.2 Å². The molecule has 146 valence electrons. The van der Waals surface area contributed by atoms with Gasteiger partial charge in [-0.2, -0.15) is 0 Å². The summed E-state index contributed by atoms with van der Waals surface area (Å²) < 4.78 is 1.91. The first kappa shape index (κ1) is 18.9. The summed E-state index contributed by atoms with van der Waals surface area (Å²) in [5.74, 6) is 0.0739. The van der Waals surface area contributed by atoms with Crippen molar-refractivity contribution in [2.24, 2.45) is 0 Å². The lowest BCUT2D eigenvalue weighted by Crippen LogP contribution is -2.36. The Morgan fingerprint density at radius 2 is 1.96 bits per heavy atom. The van der Waals surface area contributed by atoms with E-state index >= 15 is 0 Å². The molecule has 0 saturated heterocycles. The van der Waals surface area contributed by atoms with Gasteiger partial charge in [-0.05, 0) is 48.6 Å². The summed E-state index contributed by atoms with van der Waals surface area (Å²) in [6.07, 6.45) is 4.65. The molecule has 2 aromatic carbocycles. The molecule has 6 nitrogen and oxygen atoms in total. The highest BCUT2D eigenvalue weighted by Gasteiger charge is 2.27. The van der Waals surface area contributed by atoms with Gasteiger partial charge in [0, 0.05) is 11.9 Å². The zero-order chi connectivity index (χ0) is 19.5. The minimum Gasteiger partial charge on any atom is -0.311 e. The van der Waals surface area contributed by atoms with Crippen LogP contribution < -0.4 is 4.90 Å². The summed E-state index contributed by atoms with van der Waals surface area (Å²) in [6, 6.07) is 14.6. The predicted molar refractivity (Wildman–Crippen MR) is 113 cm³/mol. The largest absolute Gasteiger partial charge is 0.311 e. The Hall–Kier alpha value is -2.41. The summed E-state index contributed by atoms with van der Waals surface area (Å²) >= 11 is 1.45. The number of amides is 1. The van der Waals surface area contributed by atoms with Crippen LogP contribution in [0.15, 0.2) is 47.6 Å². The molecule has 1 aromatic heterocycles. The monoisotopic (exact) mass is 395 g/mol. The lowest BCUT2D eigenvalue weighted by molar-refractivity contribution is -0.117. The molecule has 1 atom stereocenters. The van der Waals surface area contributed by atoms with E-state index in [1.165, 1.54) is 24.6 Å². The summed E-state index contributed by atoms with van der Waals surface area (Å²) in [6.45, 7) is 4.57. The Morgan fingerprint density at radius 1 is 1.21 bits per heavy atom. The fourth-order valence-corrected chi connectivity index (χ4v) is 4.88. The molecule has 3 aromatic rings. The number of thioether (sulfide) groups is 1. The van der Waals surface area contributed by atoms with Crippen molar-refractivity contribution in [3.8, 4) is 0 Å². The summed E-state index contributed by atoms with van der Waals surface area (Å²) in [5.41, 5.74) is 0.952. The van der Waals surface area contributed by atoms with Gasteiger partial charge in [0.15, 0.2) is 0 Å². The van der Waals surface area contributed by atoms with Crippen molar-refractivity contribution in [3.63, 3.8) is 0 Å². The maximum absolute atomic E-state index is 13.3. The highest BCUT2D eigenvalue weighted by molar-refractivity contribution is 8.00. The lowest BCUT2D eigenvalue weighted by atomic mass is 10.1. The van der Waals surface area contributed by atoms with Crippen LogP contribution in [0.1, 0.15) is 45.6 Å². The average molecular weight is 396 g/mol. The molecule has 1 amide bonds. The van der Waals surface area contributed by atoms with Crippen molar-refractivity contribution >= 4 is 34.1 Å². The van der Waals surface area contributed by atoms with Crippen molar-refractivity contribution in [2.45, 2.75) is 56.0 Å². The zero-order valence-corrected chi connectivity index (χ0v) is 17.1. The second-order valence-corrected chi connectivity index (χ2v) is 8.49. The number of rotatable bonds is 6. The Balaban J connectivity index is 1.56. The molecule has 1 aliphatic carbocycles. The molecule has 1 saturated carbocycles. The minimum absolute atomic E-state index is 0.0739. The summed E-state index contributed by atoms with van der Waals surface area (Å²) in [4.78, 5) is 15.2. The zero-order valence-electron chi connectivity index (χ0n) is 16.3. The maximum Gasteiger partial charge on any atom is 0.240 e. The van der Waals surface area contributed by atoms with Crippen LogP contribution in [-0.4, -0.2) is 37.9 Å². The van der Waals surface area contributed by atoms with E-state index in [1.54, 1.807) is 0 Å². The highest BCUT2D eigenvalue weighted by Crippen LogP contribution is 2.34. The number of hydrogen-bond acceptors (Lipinski definition) is 5. The van der Waals surface area contributed by atoms with Gasteiger partial charge in [0.25, 0.3) is 0 Å². The number of aromatic nitrogens is 4. The normalized spacial score (nSPS) is 15.8. The van der Waals surface area contributed by atoms with Gasteiger partial charge in [-0.3, -0.25) is 4.79 Å². The number of benzene rings is 2. The number of carbonyl (C=O) groups excluding carboxylic acids is 1. The molecule has 4 rings (SSSR count). The SMILES string of the molecule is CCN(C(=O)C(C)Sc1nnnn1C1CCCC1)c1cccc2ccccc12. The number of nitrogens with zero attached hydrogens (tertiary/aromatic N) is 5. The van der Waals surface area contributed by atoms with Crippen molar-refractivity contribution in [2.75, 3.05) is 11.4 Å². The molecule has 1 heterocycles. The topological polar surface area (TPSA) is 63.9 Å². The van der Waals surface area contributed by atoms with Crippen molar-refractivity contribution in [1.29, 1.82) is 0 Å². The van der Waals surface area contributed by atoms with Crippen LogP contribution >= 0.6 is 11.8 Å². The van der Waals surface area contributed by atoms with Crippen molar-refractivity contribution in [3.05, 3.63) is 42.5 Å². The Kier molecular flexibility index (Phi) is 5.62. The summed E-state index contributed by atoms with van der Waals surface area (Å²) in [7, 11) is 0. The number of fused-ring (bicyclic) bond motifs is 1. The van der Waals surface area contributed by atoms with Gasteiger partial charge in [-0.1, -0.05) is 61.0 Å². The predicted octanol–water partition coefficient (Wildman–Crippen LogP) is 4.48. The smallest absolute Gasteiger partial charge is 0.240 e. The number of anilines is 1. The van der Waals surface area contributed by atoms with Crippen LogP contribution in [0.4, 0.5) is 5.69 Å². The fraction of sp³-hybridized carbons (Fsp3) is 0.429. The molecule has 0 N–H and O–H groups in total. The highest BCUT2D eigenvalue weighted by atomic mass is 32.2. The first-order valence-corrected chi connectivity index (χ1v) is 10.8. The average Bonchev–Trinajstić information content (AvgIpc) is 3.40. The Bertz CT molecular complexity index is 961. The molecule has 7 heteroatoms. The van der Waals surface area contributed by atoms with E-state index in [0.29, 0.717) is 12.6 Å². The van der Waals surface area contributed by atoms with Crippen LogP contribution in [0, 0.1) is 0 Å². The van der Waals surface area contributed by atoms with E-state index in [9.17, 15) is 4.79 Å². The molecule has 1 aliphatic rings. The van der Waals surface area contributed by atoms with Crippen molar-refractivity contribution < 1.29 is 4.79 Å². The third kappa shape index (κ3) is 3.63. The second-order valence-electron chi connectivity index (χ2n) is 7.19. The molecule has 0 radical (unpaired) electrons. The van der Waals surface area contributed by atoms with Crippen LogP contribution in [0.3, 0.4) is 0 Å². The molecule has 1 fully saturated rings. The molecule has 0 aliphatic heterocycles. The fourth-order valence-electron chi connectivity index (χ4n) is 3.96. The molecular weight excluding hydrogens is 370 g/mol. The van der Waals surface area contributed by atoms with Gasteiger partial charge >= 0.3 is 0 Å². The number of hydrogen-bond donors (Lipinski definition) is 0. The number of carbonyl (C=O) groups is 1. The lowest BCUT2D eigenvalue weighted by Gasteiger charge is -2.25. The second kappa shape index (κ2) is 8.31. The standard InChI is InChI=1S/C21H25N5OS/c1-3-25(19-14-8-10-16-9-4-7-13-18(16)19)20(27)15(2)28-21-22-23-24-26(21)17-11-5-6-12-17/h4,7-10,13-15,17H,3,5-6,11-12H2,1-2H3. The molecule has 28 heavy (non-hydrogen) atoms. The van der Waals surface area contributed by atoms with E-state index < -0.39 is 0 Å². The Morgan fingerprint density at radius 3 is 2.75 bits per heavy atom. The van der Waals surface area contributed by atoms with E-state index in [1.807, 2.05) is 47.7 Å². The first-order chi connectivity index (χ1) is 13.7. The minimum atomic E-state index is -0.273. The van der Waals surface area contributed by atoms with E-state index in [2.05, 4.69) is 33.7 Å². The molecule has 0 bridgehead atoms. The quantitative estimate of drug-likeness (QED) is 0.576. The van der Waals surface area contributed by atoms with E-state index in [4.69, 9.17) is 0 Å². The third-order valence-electron chi connectivity index (χ3n) is 5.40. The molecule has 1 unspecified atom stereocenters. The van der Waals surface area contributed by atoms with Crippen LogP contribution in [0.25, 0.3) is 10.8 Å². The molecule has 0 spiro atoms. The molecular formula is C21H25N5OS. The first-order valence-electron chi connectivity index (χ1n) is 9.92. The van der Waals surface area contributed by atoms with Gasteiger partial charge in [0.05, 0.1) is 17.0 Å². The van der Waals surface area contributed by atoms with Crippen LogP contribution in [0.5, 0.6) is 0 Å². The van der Waals surface area contributed by atoms with Gasteiger partial charge in [-0.15, -0.1) is 5.10 Å². The maximum atomic E-state index is 13.3. The number of tetrazole rings is 1. The van der Waals surface area contributed by atoms with E-state index in [0.717, 1.165) is 34.5 Å². The van der Waals surface area contributed by atoms with Gasteiger partial charge in [0.2, 0.25) is 11.1 Å². The van der Waals surface area contributed by atoms with Gasteiger partial charge in [0.1, 0.15) is 0 Å². The van der Waals surface area contributed by atoms with E-state index in [-0.39, 0.29) is 11.2 Å². The van der Waals surface area contributed by atoms with Gasteiger partial charge < -0.3 is 4.90 Å². The Labute approximate surface area is 169 Å². The summed E-state index contributed by atoms with van der Waals surface area (Å²) in [5, 5.41) is 14.9. The third-order valence-corrected chi connectivity index (χ3v) is 6.44. The van der Waals surface area contributed by atoms with Crippen LogP contribution in [-0.2, 0) is 4.79 Å². The van der Waals surface area contributed by atoms with Gasteiger partial charge in [-0.25, -0.2) is 4.68 Å². The van der Waals surface area contributed by atoms with Crippen LogP contribution in [0.2, 0.25) is 0 Å².